The van der Waals surface area contributed by atoms with Gasteiger partial charge in [-0.25, -0.2) is 18.4 Å². The molecule has 0 amide bonds. The Labute approximate surface area is 183 Å². The molecule has 0 aliphatic carbocycles. The van der Waals surface area contributed by atoms with Crippen LogP contribution in [0.3, 0.4) is 0 Å². The largest absolute Gasteiger partial charge is 0.382 e. The Balaban J connectivity index is 1.29. The van der Waals surface area contributed by atoms with Crippen molar-refractivity contribution >= 4 is 48.4 Å². The number of imidazole rings is 1. The fourth-order valence-electron chi connectivity index (χ4n) is 4.00. The van der Waals surface area contributed by atoms with Gasteiger partial charge >= 0.3 is 0 Å². The molecule has 1 saturated heterocycles. The van der Waals surface area contributed by atoms with Crippen LogP contribution in [-0.4, -0.2) is 81.8 Å². The molecule has 4 aromatic heterocycles. The summed E-state index contributed by atoms with van der Waals surface area (Å²) in [5.41, 5.74) is 9.53. The van der Waals surface area contributed by atoms with Crippen molar-refractivity contribution < 1.29 is 8.42 Å². The van der Waals surface area contributed by atoms with Crippen molar-refractivity contribution in [1.29, 1.82) is 0 Å². The second-order valence-corrected chi connectivity index (χ2v) is 10.8. The standard InChI is InChI=1S/C19H24N8O2S2/c1-31(28,29)27-9-7-26(8-10-27)6-2-3-15-23-16-17(24-15)19(20)22-13-11-14(30-18(13)16)12-4-5-21-25-12/h4-5,11H,2-3,6-10H2,1H3,(H2,20,22)(H,21,25)(H,23,24). The average Bonchev–Trinajstić information content (AvgIpc) is 3.46. The maximum atomic E-state index is 11.6. The van der Waals surface area contributed by atoms with Crippen molar-refractivity contribution in [2.45, 2.75) is 12.8 Å². The Kier molecular flexibility index (Phi) is 5.16. The van der Waals surface area contributed by atoms with Gasteiger partial charge in [-0.15, -0.1) is 11.3 Å². The highest BCUT2D eigenvalue weighted by molar-refractivity contribution is 7.88. The minimum Gasteiger partial charge on any atom is -0.382 e. The zero-order valence-electron chi connectivity index (χ0n) is 17.1. The normalized spacial score (nSPS) is 16.5. The van der Waals surface area contributed by atoms with Crippen LogP contribution in [0.5, 0.6) is 0 Å². The van der Waals surface area contributed by atoms with Gasteiger partial charge in [0.05, 0.1) is 26.9 Å². The number of nitrogens with two attached hydrogens (primary N) is 1. The summed E-state index contributed by atoms with van der Waals surface area (Å²) < 4.78 is 25.9. The highest BCUT2D eigenvalue weighted by Crippen LogP contribution is 2.36. The molecular formula is C19H24N8O2S2. The summed E-state index contributed by atoms with van der Waals surface area (Å²) in [6.45, 7) is 3.53. The highest BCUT2D eigenvalue weighted by atomic mass is 32.2. The molecule has 164 valence electrons. The van der Waals surface area contributed by atoms with Crippen molar-refractivity contribution in [3.05, 3.63) is 24.2 Å². The molecule has 1 aliphatic heterocycles. The average molecular weight is 461 g/mol. The summed E-state index contributed by atoms with van der Waals surface area (Å²) in [5, 5.41) is 7.09. The molecule has 4 N–H and O–H groups in total. The first-order valence-electron chi connectivity index (χ1n) is 10.1. The van der Waals surface area contributed by atoms with Crippen LogP contribution in [0.25, 0.3) is 31.8 Å². The predicted octanol–water partition coefficient (Wildman–Crippen LogP) is 1.65. The number of nitrogen functional groups attached to an aromatic ring is 1. The van der Waals surface area contributed by atoms with E-state index in [1.807, 2.05) is 12.1 Å². The van der Waals surface area contributed by atoms with Crippen LogP contribution in [0.4, 0.5) is 5.82 Å². The molecule has 1 fully saturated rings. The van der Waals surface area contributed by atoms with E-state index in [1.165, 1.54) is 6.26 Å². The van der Waals surface area contributed by atoms with Crippen LogP contribution in [-0.2, 0) is 16.4 Å². The van der Waals surface area contributed by atoms with Crippen molar-refractivity contribution in [1.82, 2.24) is 34.4 Å². The van der Waals surface area contributed by atoms with E-state index >= 15 is 0 Å². The Morgan fingerprint density at radius 2 is 2.03 bits per heavy atom. The van der Waals surface area contributed by atoms with Crippen LogP contribution in [0.1, 0.15) is 12.2 Å². The van der Waals surface area contributed by atoms with E-state index < -0.39 is 10.0 Å². The van der Waals surface area contributed by atoms with E-state index in [4.69, 9.17) is 10.7 Å². The topological polar surface area (TPSA) is 137 Å². The van der Waals surface area contributed by atoms with Gasteiger partial charge in [0.1, 0.15) is 17.0 Å². The van der Waals surface area contributed by atoms with E-state index in [1.54, 1.807) is 21.8 Å². The van der Waals surface area contributed by atoms with Crippen LogP contribution in [0.2, 0.25) is 0 Å². The second kappa shape index (κ2) is 7.86. The van der Waals surface area contributed by atoms with Crippen molar-refractivity contribution in [3.63, 3.8) is 0 Å². The van der Waals surface area contributed by atoms with Crippen LogP contribution >= 0.6 is 11.3 Å². The number of fused-ring (bicyclic) bond motifs is 3. The molecule has 1 aliphatic rings. The quantitative estimate of drug-likeness (QED) is 0.398. The summed E-state index contributed by atoms with van der Waals surface area (Å²) in [7, 11) is -3.09. The number of sulfonamides is 1. The molecule has 12 heteroatoms. The molecule has 5 rings (SSSR count). The summed E-state index contributed by atoms with van der Waals surface area (Å²) in [6.07, 6.45) is 4.79. The zero-order chi connectivity index (χ0) is 21.6. The van der Waals surface area contributed by atoms with Gasteiger partial charge in [-0.2, -0.15) is 9.40 Å². The number of nitrogens with zero attached hydrogens (tertiary/aromatic N) is 5. The molecule has 5 heterocycles. The molecule has 0 bridgehead atoms. The van der Waals surface area contributed by atoms with Crippen molar-refractivity contribution in [2.24, 2.45) is 0 Å². The van der Waals surface area contributed by atoms with Gasteiger partial charge in [-0.05, 0) is 25.1 Å². The van der Waals surface area contributed by atoms with Gasteiger partial charge in [-0.1, -0.05) is 0 Å². The molecule has 31 heavy (non-hydrogen) atoms. The fraction of sp³-hybridized carbons (Fsp3) is 0.421. The number of hydrogen-bond acceptors (Lipinski definition) is 8. The van der Waals surface area contributed by atoms with E-state index in [9.17, 15) is 8.42 Å². The van der Waals surface area contributed by atoms with Gasteiger partial charge in [0.25, 0.3) is 0 Å². The number of aryl methyl sites for hydroxylation is 1. The summed E-state index contributed by atoms with van der Waals surface area (Å²) >= 11 is 1.62. The lowest BCUT2D eigenvalue weighted by Crippen LogP contribution is -2.48. The maximum Gasteiger partial charge on any atom is 0.211 e. The number of anilines is 1. The number of aromatic nitrogens is 5. The first kappa shape index (κ1) is 20.4. The minimum absolute atomic E-state index is 0.424. The van der Waals surface area contributed by atoms with Gasteiger partial charge in [0, 0.05) is 38.8 Å². The van der Waals surface area contributed by atoms with Gasteiger partial charge < -0.3 is 15.6 Å². The number of aromatic amines is 2. The number of hydrogen-bond donors (Lipinski definition) is 3. The third-order valence-electron chi connectivity index (χ3n) is 5.62. The maximum absolute atomic E-state index is 11.6. The van der Waals surface area contributed by atoms with Gasteiger partial charge in [-0.3, -0.25) is 5.10 Å². The predicted molar refractivity (Wildman–Crippen MR) is 122 cm³/mol. The molecule has 0 saturated carbocycles. The number of rotatable bonds is 6. The van der Waals surface area contributed by atoms with Crippen molar-refractivity contribution in [2.75, 3.05) is 44.7 Å². The Bertz CT molecular complexity index is 1320. The lowest BCUT2D eigenvalue weighted by Gasteiger charge is -2.33. The third kappa shape index (κ3) is 4.03. The number of pyridine rings is 1. The molecule has 0 radical (unpaired) electrons. The zero-order valence-corrected chi connectivity index (χ0v) is 18.8. The van der Waals surface area contributed by atoms with Crippen LogP contribution in [0.15, 0.2) is 18.3 Å². The second-order valence-electron chi connectivity index (χ2n) is 7.80. The van der Waals surface area contributed by atoms with E-state index in [-0.39, 0.29) is 0 Å². The number of H-pyrrole nitrogens is 2. The van der Waals surface area contributed by atoms with Gasteiger partial charge in [0.15, 0.2) is 5.82 Å². The smallest absolute Gasteiger partial charge is 0.211 e. The Hall–Kier alpha value is -2.54. The lowest BCUT2D eigenvalue weighted by molar-refractivity contribution is 0.187. The third-order valence-corrected chi connectivity index (χ3v) is 8.08. The fourth-order valence-corrected chi connectivity index (χ4v) is 5.89. The molecule has 10 nitrogen and oxygen atoms in total. The van der Waals surface area contributed by atoms with Crippen LogP contribution < -0.4 is 5.73 Å². The highest BCUT2D eigenvalue weighted by Gasteiger charge is 2.23. The molecule has 0 aromatic carbocycles. The number of nitrogens with one attached hydrogen (secondary N) is 2. The first-order valence-corrected chi connectivity index (χ1v) is 12.8. The van der Waals surface area contributed by atoms with E-state index in [0.717, 1.165) is 64.6 Å². The van der Waals surface area contributed by atoms with E-state index in [2.05, 4.69) is 25.1 Å². The molecule has 0 spiro atoms. The first-order chi connectivity index (χ1) is 14.9. The number of thiophene rings is 1. The van der Waals surface area contributed by atoms with Crippen molar-refractivity contribution in [3.8, 4) is 10.6 Å². The summed E-state index contributed by atoms with van der Waals surface area (Å²) in [5.74, 6) is 1.31. The van der Waals surface area contributed by atoms with Gasteiger partial charge in [0.2, 0.25) is 10.0 Å². The Morgan fingerprint density at radius 1 is 1.23 bits per heavy atom. The molecule has 0 unspecified atom stereocenters. The molecule has 4 aromatic rings. The lowest BCUT2D eigenvalue weighted by atomic mass is 10.2. The number of piperazine rings is 1. The monoisotopic (exact) mass is 460 g/mol. The SMILES string of the molecule is CS(=O)(=O)N1CCN(CCCc2nc3c(N)nc4cc(-c5cc[nH]n5)sc4c3[nH]2)CC1. The summed E-state index contributed by atoms with van der Waals surface area (Å²) in [6, 6.07) is 3.93. The summed E-state index contributed by atoms with van der Waals surface area (Å²) in [4.78, 5) is 16.0. The minimum atomic E-state index is -3.09. The molecular weight excluding hydrogens is 436 g/mol. The van der Waals surface area contributed by atoms with Crippen LogP contribution in [0, 0.1) is 0 Å². The van der Waals surface area contributed by atoms with E-state index in [0.29, 0.717) is 24.4 Å². The Morgan fingerprint density at radius 3 is 2.74 bits per heavy atom. The molecule has 0 atom stereocenters.